The summed E-state index contributed by atoms with van der Waals surface area (Å²) in [7, 11) is 0. The van der Waals surface area contributed by atoms with Crippen molar-refractivity contribution in [3.63, 3.8) is 0 Å². The van der Waals surface area contributed by atoms with Gasteiger partial charge >= 0.3 is 0 Å². The fourth-order valence-corrected chi connectivity index (χ4v) is 2.52. The number of nitrogens with one attached hydrogen (secondary N) is 2. The Bertz CT molecular complexity index is 539. The zero-order valence-corrected chi connectivity index (χ0v) is 12.4. The first-order valence-electron chi connectivity index (χ1n) is 6.58. The van der Waals surface area contributed by atoms with E-state index in [1.165, 1.54) is 5.56 Å². The smallest absolute Gasteiger partial charge is 0.272 e. The van der Waals surface area contributed by atoms with Crippen molar-refractivity contribution >= 4 is 23.1 Å². The molecule has 0 aliphatic rings. The summed E-state index contributed by atoms with van der Waals surface area (Å²) in [6.07, 6.45) is 0.818. The second-order valence-corrected chi connectivity index (χ2v) is 5.32. The van der Waals surface area contributed by atoms with Gasteiger partial charge in [0.15, 0.2) is 5.69 Å². The Morgan fingerprint density at radius 1 is 1.35 bits per heavy atom. The highest BCUT2D eigenvalue weighted by Crippen LogP contribution is 2.09. The number of thiophene rings is 1. The second kappa shape index (κ2) is 7.00. The van der Waals surface area contributed by atoms with Gasteiger partial charge in [-0.3, -0.25) is 4.79 Å². The molecule has 0 aliphatic carbocycles. The number of hydrogen-bond donors (Lipinski definition) is 2. The largest absolute Gasteiger partial charge is 0.369 e. The van der Waals surface area contributed by atoms with Crippen molar-refractivity contribution in [3.8, 4) is 0 Å². The second-order valence-electron chi connectivity index (χ2n) is 4.54. The van der Waals surface area contributed by atoms with Crippen molar-refractivity contribution in [3.05, 3.63) is 40.2 Å². The van der Waals surface area contributed by atoms with Gasteiger partial charge in [0, 0.05) is 12.6 Å². The predicted octanol–water partition coefficient (Wildman–Crippen LogP) is 2.33. The molecule has 1 amide bonds. The van der Waals surface area contributed by atoms with Crippen molar-refractivity contribution in [1.29, 1.82) is 0 Å². The van der Waals surface area contributed by atoms with E-state index in [1.54, 1.807) is 23.5 Å². The van der Waals surface area contributed by atoms with Gasteiger partial charge < -0.3 is 10.6 Å². The lowest BCUT2D eigenvalue weighted by Crippen LogP contribution is -2.34. The normalized spacial score (nSPS) is 11.9. The number of anilines is 1. The third kappa shape index (κ3) is 4.03. The Labute approximate surface area is 122 Å². The van der Waals surface area contributed by atoms with Gasteiger partial charge in [-0.1, -0.05) is 0 Å². The summed E-state index contributed by atoms with van der Waals surface area (Å²) in [5.74, 6) is 0.485. The van der Waals surface area contributed by atoms with Gasteiger partial charge in [-0.2, -0.15) is 11.3 Å². The SMILES string of the molecule is CCNc1ccc(C(=O)NC(C)Cc2ccsc2)nn1. The molecule has 1 atom stereocenters. The average molecular weight is 290 g/mol. The summed E-state index contributed by atoms with van der Waals surface area (Å²) < 4.78 is 0. The summed E-state index contributed by atoms with van der Waals surface area (Å²) in [5, 5.41) is 18.0. The summed E-state index contributed by atoms with van der Waals surface area (Å²) in [6, 6.07) is 5.57. The third-order valence-electron chi connectivity index (χ3n) is 2.75. The van der Waals surface area contributed by atoms with E-state index in [-0.39, 0.29) is 11.9 Å². The molecule has 6 heteroatoms. The molecule has 0 aromatic carbocycles. The fourth-order valence-electron chi connectivity index (χ4n) is 1.84. The first-order valence-corrected chi connectivity index (χ1v) is 7.53. The van der Waals surface area contributed by atoms with Crippen LogP contribution in [-0.2, 0) is 6.42 Å². The lowest BCUT2D eigenvalue weighted by atomic mass is 10.1. The molecule has 0 radical (unpaired) electrons. The summed E-state index contributed by atoms with van der Waals surface area (Å²) in [4.78, 5) is 12.0. The summed E-state index contributed by atoms with van der Waals surface area (Å²) >= 11 is 1.66. The van der Waals surface area contributed by atoms with E-state index in [4.69, 9.17) is 0 Å². The number of nitrogens with zero attached hydrogens (tertiary/aromatic N) is 2. The van der Waals surface area contributed by atoms with Gasteiger partial charge in [0.2, 0.25) is 0 Å². The van der Waals surface area contributed by atoms with Crippen molar-refractivity contribution in [2.24, 2.45) is 0 Å². The van der Waals surface area contributed by atoms with Crippen molar-refractivity contribution in [2.75, 3.05) is 11.9 Å². The van der Waals surface area contributed by atoms with E-state index in [1.807, 2.05) is 19.2 Å². The molecule has 0 saturated heterocycles. The van der Waals surface area contributed by atoms with Crippen LogP contribution in [0.5, 0.6) is 0 Å². The van der Waals surface area contributed by atoms with Gasteiger partial charge in [-0.25, -0.2) is 0 Å². The standard InChI is InChI=1S/C14H18N4OS/c1-3-15-13-5-4-12(17-18-13)14(19)16-10(2)8-11-6-7-20-9-11/h4-7,9-10H,3,8H2,1-2H3,(H,15,18)(H,16,19). The van der Waals surface area contributed by atoms with Gasteiger partial charge in [0.25, 0.3) is 5.91 Å². The number of rotatable bonds is 6. The molecule has 0 saturated carbocycles. The topological polar surface area (TPSA) is 66.9 Å². The van der Waals surface area contributed by atoms with E-state index in [0.29, 0.717) is 11.5 Å². The molecule has 106 valence electrons. The fraction of sp³-hybridized carbons (Fsp3) is 0.357. The molecule has 2 heterocycles. The molecule has 2 aromatic heterocycles. The average Bonchev–Trinajstić information content (AvgIpc) is 2.92. The molecule has 2 aromatic rings. The first kappa shape index (κ1) is 14.5. The molecule has 0 aliphatic heterocycles. The molecular formula is C14H18N4OS. The number of carbonyl (C=O) groups is 1. The predicted molar refractivity (Wildman–Crippen MR) is 81.1 cm³/mol. The Morgan fingerprint density at radius 3 is 2.80 bits per heavy atom. The maximum Gasteiger partial charge on any atom is 0.272 e. The molecule has 5 nitrogen and oxygen atoms in total. The van der Waals surface area contributed by atoms with Crippen molar-refractivity contribution in [2.45, 2.75) is 26.3 Å². The number of amides is 1. The maximum atomic E-state index is 12.0. The van der Waals surface area contributed by atoms with Crippen LogP contribution in [0.25, 0.3) is 0 Å². The first-order chi connectivity index (χ1) is 9.69. The van der Waals surface area contributed by atoms with Gasteiger partial charge in [0.05, 0.1) is 0 Å². The Hall–Kier alpha value is -1.95. The lowest BCUT2D eigenvalue weighted by molar-refractivity contribution is 0.0934. The number of aromatic nitrogens is 2. The summed E-state index contributed by atoms with van der Waals surface area (Å²) in [6.45, 7) is 4.74. The highest BCUT2D eigenvalue weighted by Gasteiger charge is 2.12. The molecule has 0 spiro atoms. The van der Waals surface area contributed by atoms with Crippen LogP contribution in [0.4, 0.5) is 5.82 Å². The van der Waals surface area contributed by atoms with Crippen LogP contribution >= 0.6 is 11.3 Å². The van der Waals surface area contributed by atoms with Crippen LogP contribution in [0.3, 0.4) is 0 Å². The Kier molecular flexibility index (Phi) is 5.06. The quantitative estimate of drug-likeness (QED) is 0.857. The minimum atomic E-state index is -0.191. The number of carbonyl (C=O) groups excluding carboxylic acids is 1. The van der Waals surface area contributed by atoms with Crippen LogP contribution in [0, 0.1) is 0 Å². The molecule has 2 rings (SSSR count). The van der Waals surface area contributed by atoms with Crippen LogP contribution in [-0.4, -0.2) is 28.7 Å². The number of hydrogen-bond acceptors (Lipinski definition) is 5. The van der Waals surface area contributed by atoms with E-state index < -0.39 is 0 Å². The highest BCUT2D eigenvalue weighted by atomic mass is 32.1. The lowest BCUT2D eigenvalue weighted by Gasteiger charge is -2.12. The van der Waals surface area contributed by atoms with Crippen molar-refractivity contribution < 1.29 is 4.79 Å². The zero-order valence-electron chi connectivity index (χ0n) is 11.6. The van der Waals surface area contributed by atoms with Gasteiger partial charge in [-0.15, -0.1) is 10.2 Å². The Balaban J connectivity index is 1.90. The van der Waals surface area contributed by atoms with Crippen LogP contribution < -0.4 is 10.6 Å². The van der Waals surface area contributed by atoms with Crippen LogP contribution in [0.1, 0.15) is 29.9 Å². The monoisotopic (exact) mass is 290 g/mol. The molecular weight excluding hydrogens is 272 g/mol. The van der Waals surface area contributed by atoms with Crippen LogP contribution in [0.2, 0.25) is 0 Å². The molecule has 20 heavy (non-hydrogen) atoms. The minimum Gasteiger partial charge on any atom is -0.369 e. The van der Waals surface area contributed by atoms with Crippen molar-refractivity contribution in [1.82, 2.24) is 15.5 Å². The highest BCUT2D eigenvalue weighted by molar-refractivity contribution is 7.07. The maximum absolute atomic E-state index is 12.0. The Morgan fingerprint density at radius 2 is 2.20 bits per heavy atom. The molecule has 0 bridgehead atoms. The molecule has 2 N–H and O–H groups in total. The van der Waals surface area contributed by atoms with E-state index in [2.05, 4.69) is 32.3 Å². The third-order valence-corrected chi connectivity index (χ3v) is 3.49. The van der Waals surface area contributed by atoms with E-state index in [9.17, 15) is 4.79 Å². The summed E-state index contributed by atoms with van der Waals surface area (Å²) in [5.41, 5.74) is 1.57. The minimum absolute atomic E-state index is 0.0624. The van der Waals surface area contributed by atoms with Gasteiger partial charge in [0.1, 0.15) is 5.82 Å². The molecule has 1 unspecified atom stereocenters. The van der Waals surface area contributed by atoms with Gasteiger partial charge in [-0.05, 0) is 54.8 Å². The van der Waals surface area contributed by atoms with E-state index in [0.717, 1.165) is 13.0 Å². The molecule has 0 fully saturated rings. The van der Waals surface area contributed by atoms with E-state index >= 15 is 0 Å². The zero-order chi connectivity index (χ0) is 14.4. The van der Waals surface area contributed by atoms with Crippen LogP contribution in [0.15, 0.2) is 29.0 Å².